The van der Waals surface area contributed by atoms with Crippen molar-refractivity contribution in [3.63, 3.8) is 0 Å². The van der Waals surface area contributed by atoms with E-state index in [1.165, 1.54) is 30.1 Å². The first kappa shape index (κ1) is 29.6. The largest absolute Gasteiger partial charge is 0.444 e. The Labute approximate surface area is 239 Å². The van der Waals surface area contributed by atoms with Crippen molar-refractivity contribution >= 4 is 23.4 Å². The van der Waals surface area contributed by atoms with Crippen molar-refractivity contribution in [3.05, 3.63) is 35.0 Å². The van der Waals surface area contributed by atoms with Crippen LogP contribution in [-0.2, 0) is 19.0 Å². The van der Waals surface area contributed by atoms with Crippen molar-refractivity contribution in [2.45, 2.75) is 75.3 Å². The number of rotatable bonds is 6. The number of likely N-dealkylation sites (tertiary alicyclic amines) is 1. The average Bonchev–Trinajstić information content (AvgIpc) is 3.54. The number of carbonyl (C=O) groups excluding carboxylic acids is 1. The van der Waals surface area contributed by atoms with E-state index in [-0.39, 0.29) is 22.7 Å². The van der Waals surface area contributed by atoms with Crippen LogP contribution in [0.4, 0.5) is 13.6 Å². The molecule has 0 saturated carbocycles. The summed E-state index contributed by atoms with van der Waals surface area (Å²) in [6.07, 6.45) is -2.16. The molecule has 1 aromatic carbocycles. The minimum Gasteiger partial charge on any atom is -0.444 e. The van der Waals surface area contributed by atoms with Crippen LogP contribution in [0.25, 0.3) is 11.3 Å². The maximum atomic E-state index is 14.5. The van der Waals surface area contributed by atoms with Crippen molar-refractivity contribution in [2.75, 3.05) is 26.8 Å². The Bertz CT molecular complexity index is 1330. The molecular weight excluding hydrogens is 568 g/mol. The first-order valence-electron chi connectivity index (χ1n) is 13.1. The highest BCUT2D eigenvalue weighted by Gasteiger charge is 2.54. The molecule has 3 aliphatic heterocycles. The Balaban J connectivity index is 1.30. The van der Waals surface area contributed by atoms with Crippen LogP contribution >= 0.6 is 11.6 Å². The van der Waals surface area contributed by atoms with Crippen molar-refractivity contribution < 1.29 is 42.8 Å². The molecule has 5 atom stereocenters. The summed E-state index contributed by atoms with van der Waals surface area (Å²) >= 11 is 5.66. The Kier molecular flexibility index (Phi) is 7.98. The zero-order chi connectivity index (χ0) is 29.7. The Morgan fingerprint density at radius 1 is 1.24 bits per heavy atom. The van der Waals surface area contributed by atoms with Crippen molar-refractivity contribution in [2.24, 2.45) is 5.16 Å². The number of oxime groups is 1. The van der Waals surface area contributed by atoms with E-state index >= 15 is 0 Å². The molecule has 1 aromatic heterocycles. The normalized spacial score (nSPS) is 27.4. The zero-order valence-electron chi connectivity index (χ0n) is 23.0. The van der Waals surface area contributed by atoms with E-state index in [1.54, 1.807) is 25.7 Å². The minimum atomic E-state index is -1.27. The number of ether oxygens (including phenoxy) is 3. The molecular formula is C26H32ClF2N5O7. The van der Waals surface area contributed by atoms with Crippen LogP contribution in [0.1, 0.15) is 39.7 Å². The maximum Gasteiger partial charge on any atom is 0.410 e. The number of hydrogen-bond donors (Lipinski definition) is 2. The van der Waals surface area contributed by atoms with Gasteiger partial charge in [-0.3, -0.25) is 4.90 Å². The van der Waals surface area contributed by atoms with Gasteiger partial charge in [-0.1, -0.05) is 22.0 Å². The van der Waals surface area contributed by atoms with Gasteiger partial charge in [0.2, 0.25) is 0 Å². The summed E-state index contributed by atoms with van der Waals surface area (Å²) < 4.78 is 47.0. The van der Waals surface area contributed by atoms with Crippen LogP contribution in [0.3, 0.4) is 0 Å². The minimum absolute atomic E-state index is 0.0127. The summed E-state index contributed by atoms with van der Waals surface area (Å²) in [5, 5.41) is 32.9. The number of hydrogen-bond acceptors (Lipinski definition) is 10. The number of aromatic nitrogens is 3. The second kappa shape index (κ2) is 11.1. The molecule has 12 nitrogen and oxygen atoms in total. The van der Waals surface area contributed by atoms with E-state index in [0.717, 1.165) is 0 Å². The Morgan fingerprint density at radius 3 is 2.63 bits per heavy atom. The Hall–Kier alpha value is -2.91. The van der Waals surface area contributed by atoms with Gasteiger partial charge in [0.05, 0.1) is 42.7 Å². The molecule has 0 radical (unpaired) electrons. The molecule has 1 spiro atoms. The summed E-state index contributed by atoms with van der Waals surface area (Å²) in [5.41, 5.74) is -0.755. The summed E-state index contributed by atoms with van der Waals surface area (Å²) in [6, 6.07) is 1.58. The molecule has 2 fully saturated rings. The first-order chi connectivity index (χ1) is 19.3. The lowest BCUT2D eigenvalue weighted by atomic mass is 9.85. The van der Waals surface area contributed by atoms with Gasteiger partial charge in [-0.25, -0.2) is 18.3 Å². The molecule has 41 heavy (non-hydrogen) atoms. The third-order valence-corrected chi connectivity index (χ3v) is 7.60. The summed E-state index contributed by atoms with van der Waals surface area (Å²) in [6.45, 7) is 5.52. The van der Waals surface area contributed by atoms with Crippen LogP contribution in [-0.4, -0.2) is 104 Å². The maximum absolute atomic E-state index is 14.5. The van der Waals surface area contributed by atoms with Gasteiger partial charge in [0.1, 0.15) is 35.6 Å². The zero-order valence-corrected chi connectivity index (χ0v) is 23.7. The van der Waals surface area contributed by atoms with Gasteiger partial charge in [-0.2, -0.15) is 0 Å². The van der Waals surface area contributed by atoms with Gasteiger partial charge in [0.25, 0.3) is 0 Å². The first-order valence-corrected chi connectivity index (χ1v) is 13.5. The van der Waals surface area contributed by atoms with Gasteiger partial charge in [0, 0.05) is 25.5 Å². The molecule has 1 amide bonds. The lowest BCUT2D eigenvalue weighted by Crippen LogP contribution is -2.64. The number of amides is 1. The third-order valence-electron chi connectivity index (χ3n) is 7.30. The van der Waals surface area contributed by atoms with E-state index in [4.69, 9.17) is 30.6 Å². The van der Waals surface area contributed by atoms with Gasteiger partial charge < -0.3 is 29.3 Å². The SMILES string of the molecule is CO[C@@H]1[C@@H](n2cc(-c3ccc(Cl)c(F)c3F)nn2)[C@@H](O)[C@@H](CO)O[C@@H]1CC1=NOC2(C1)CN(C(=O)OC(C)(C)C)C2. The topological polar surface area (TPSA) is 141 Å². The molecule has 0 aliphatic carbocycles. The van der Waals surface area contributed by atoms with Crippen LogP contribution in [0, 0.1) is 11.6 Å². The van der Waals surface area contributed by atoms with E-state index in [0.29, 0.717) is 25.2 Å². The van der Waals surface area contributed by atoms with Crippen molar-refractivity contribution in [1.82, 2.24) is 19.9 Å². The lowest BCUT2D eigenvalue weighted by Gasteiger charge is -2.45. The van der Waals surface area contributed by atoms with E-state index in [9.17, 15) is 23.8 Å². The van der Waals surface area contributed by atoms with Gasteiger partial charge in [0.15, 0.2) is 17.2 Å². The number of halogens is 3. The van der Waals surface area contributed by atoms with E-state index in [2.05, 4.69) is 15.5 Å². The van der Waals surface area contributed by atoms with Crippen LogP contribution in [0.15, 0.2) is 23.5 Å². The molecule has 5 rings (SSSR count). The summed E-state index contributed by atoms with van der Waals surface area (Å²) in [4.78, 5) is 19.6. The fourth-order valence-corrected chi connectivity index (χ4v) is 5.56. The standard InChI is InChI=1S/C26H32ClF2N5O7/c1-25(2,3)40-24(37)33-11-26(12-33)8-13(31-41-26)7-17-23(38-4)21(22(36)18(10-35)39-17)34-9-16(30-32-34)14-5-6-15(27)20(29)19(14)28/h5-6,9,17-18,21-23,35-36H,7-8,10-12H2,1-4H3/t17-,18-,21+,22+,23+/m1/s1. The van der Waals surface area contributed by atoms with E-state index < -0.39 is 66.0 Å². The quantitative estimate of drug-likeness (QED) is 0.480. The second-order valence-electron chi connectivity index (χ2n) is 11.5. The molecule has 2 saturated heterocycles. The van der Waals surface area contributed by atoms with Gasteiger partial charge in [-0.05, 0) is 32.9 Å². The second-order valence-corrected chi connectivity index (χ2v) is 11.9. The Morgan fingerprint density at radius 2 is 1.98 bits per heavy atom. The summed E-state index contributed by atoms with van der Waals surface area (Å²) in [5.74, 6) is -2.39. The molecule has 4 heterocycles. The van der Waals surface area contributed by atoms with Crippen LogP contribution in [0.5, 0.6) is 0 Å². The number of benzene rings is 1. The molecule has 224 valence electrons. The van der Waals surface area contributed by atoms with E-state index in [1.807, 2.05) is 0 Å². The lowest BCUT2D eigenvalue weighted by molar-refractivity contribution is -0.210. The third kappa shape index (κ3) is 5.75. The fraction of sp³-hybridized carbons (Fsp3) is 0.615. The molecule has 0 bridgehead atoms. The monoisotopic (exact) mass is 599 g/mol. The highest BCUT2D eigenvalue weighted by Crippen LogP contribution is 2.39. The highest BCUT2D eigenvalue weighted by atomic mass is 35.5. The molecule has 3 aliphatic rings. The van der Waals surface area contributed by atoms with Crippen molar-refractivity contribution in [3.8, 4) is 11.3 Å². The van der Waals surface area contributed by atoms with Crippen LogP contribution in [0.2, 0.25) is 5.02 Å². The molecule has 2 aromatic rings. The number of methoxy groups -OCH3 is 1. The average molecular weight is 600 g/mol. The smallest absolute Gasteiger partial charge is 0.410 e. The molecule has 15 heteroatoms. The molecule has 2 N–H and O–H groups in total. The van der Waals surface area contributed by atoms with Crippen LogP contribution < -0.4 is 0 Å². The number of nitrogens with zero attached hydrogens (tertiary/aromatic N) is 5. The summed E-state index contributed by atoms with van der Waals surface area (Å²) in [7, 11) is 1.44. The van der Waals surface area contributed by atoms with Gasteiger partial charge in [-0.15, -0.1) is 5.10 Å². The highest BCUT2D eigenvalue weighted by molar-refractivity contribution is 6.30. The van der Waals surface area contributed by atoms with Gasteiger partial charge >= 0.3 is 6.09 Å². The van der Waals surface area contributed by atoms with Crippen molar-refractivity contribution in [1.29, 1.82) is 0 Å². The number of aliphatic hydroxyl groups is 2. The predicted molar refractivity (Wildman–Crippen MR) is 140 cm³/mol. The number of aliphatic hydroxyl groups excluding tert-OH is 2. The number of carbonyl (C=O) groups is 1. The fourth-order valence-electron chi connectivity index (χ4n) is 5.41. The predicted octanol–water partition coefficient (Wildman–Crippen LogP) is 2.71. The molecule has 0 unspecified atom stereocenters.